The van der Waals surface area contributed by atoms with Crippen LogP contribution < -0.4 is 0 Å². The van der Waals surface area contributed by atoms with E-state index in [2.05, 4.69) is 27.7 Å². The van der Waals surface area contributed by atoms with Crippen LogP contribution in [0.5, 0.6) is 0 Å². The lowest BCUT2D eigenvalue weighted by Crippen LogP contribution is -2.50. The second kappa shape index (κ2) is 30.4. The molecule has 0 aliphatic heterocycles. The average molecular weight is 553 g/mol. The zero-order valence-corrected chi connectivity index (χ0v) is 25.7. The van der Waals surface area contributed by atoms with Crippen molar-refractivity contribution in [2.24, 2.45) is 0 Å². The van der Waals surface area contributed by atoms with Crippen molar-refractivity contribution in [2.75, 3.05) is 79.3 Å². The molecule has 0 saturated heterocycles. The maximum absolute atomic E-state index is 6.24. The Hall–Kier alpha value is -0.103. The van der Waals surface area contributed by atoms with E-state index in [1.54, 1.807) is 0 Å². The predicted molar refractivity (Wildman–Crippen MR) is 151 cm³/mol. The minimum Gasteiger partial charge on any atom is -0.381 e. The van der Waals surface area contributed by atoms with E-state index >= 15 is 0 Å². The quantitative estimate of drug-likeness (QED) is 0.0709. The molecule has 0 aromatic heterocycles. The Morgan fingerprint density at radius 3 is 0.730 bits per heavy atom. The van der Waals surface area contributed by atoms with Gasteiger partial charge in [0.2, 0.25) is 0 Å². The molecule has 0 amide bonds. The molecule has 0 N–H and O–H groups in total. The first kappa shape index (κ1) is 36.9. The molecule has 0 atom stereocenters. The monoisotopic (exact) mass is 552 g/mol. The smallest absolute Gasteiger partial charge is 0.381 e. The van der Waals surface area contributed by atoms with Gasteiger partial charge in [0, 0.05) is 79.3 Å². The molecule has 0 aliphatic carbocycles. The van der Waals surface area contributed by atoms with Gasteiger partial charge in [0.25, 0.3) is 0 Å². The molecule has 0 unspecified atom stereocenters. The number of hydrogen-bond donors (Lipinski definition) is 0. The first-order valence-electron chi connectivity index (χ1n) is 15.1. The van der Waals surface area contributed by atoms with Crippen LogP contribution >= 0.6 is 0 Å². The third-order valence-corrected chi connectivity index (χ3v) is 7.65. The van der Waals surface area contributed by atoms with Crippen molar-refractivity contribution in [3.05, 3.63) is 0 Å². The van der Waals surface area contributed by atoms with Crippen LogP contribution in [-0.2, 0) is 36.7 Å². The summed E-state index contributed by atoms with van der Waals surface area (Å²) in [6.45, 7) is 16.4. The first-order valence-corrected chi connectivity index (χ1v) is 16.7. The van der Waals surface area contributed by atoms with E-state index in [1.807, 2.05) is 0 Å². The Morgan fingerprint density at radius 2 is 0.514 bits per heavy atom. The highest BCUT2D eigenvalue weighted by atomic mass is 28.4. The lowest BCUT2D eigenvalue weighted by Gasteiger charge is -2.28. The molecular weight excluding hydrogens is 492 g/mol. The van der Waals surface area contributed by atoms with Crippen LogP contribution in [0.1, 0.15) is 105 Å². The van der Waals surface area contributed by atoms with E-state index in [9.17, 15) is 0 Å². The molecule has 0 aromatic carbocycles. The van der Waals surface area contributed by atoms with Crippen LogP contribution in [-0.4, -0.2) is 88.3 Å². The van der Waals surface area contributed by atoms with Crippen molar-refractivity contribution >= 4 is 9.05 Å². The highest BCUT2D eigenvalue weighted by molar-refractivity contribution is 6.53. The summed E-state index contributed by atoms with van der Waals surface area (Å²) < 4.78 is 47.7. The van der Waals surface area contributed by atoms with Gasteiger partial charge in [0.05, 0.1) is 0 Å². The summed E-state index contributed by atoms with van der Waals surface area (Å²) in [6.07, 6.45) is 11.9. The van der Waals surface area contributed by atoms with Gasteiger partial charge in [0.15, 0.2) is 0 Å². The second-order valence-electron chi connectivity index (χ2n) is 9.17. The summed E-state index contributed by atoms with van der Waals surface area (Å²) in [7, 11) is -3.32. The molecule has 0 radical (unpaired) electrons. The van der Waals surface area contributed by atoms with Crippen LogP contribution in [0.15, 0.2) is 0 Å². The molecule has 0 aliphatic rings. The molecule has 0 aromatic rings. The largest absolute Gasteiger partial charge is 0.679 e. The highest BCUT2D eigenvalue weighted by Gasteiger charge is 2.45. The Bertz CT molecular complexity index is 353. The van der Waals surface area contributed by atoms with Crippen molar-refractivity contribution < 1.29 is 36.7 Å². The standard InChI is InChI=1S/C28H60O8Si/c1-5-9-17-29-21-13-25-33-37(34-26-14-22-30-18-10-6-2,35-27-15-23-31-19-11-7-3)36-28-16-24-32-20-12-8-4/h5-28H2,1-4H3. The molecule has 0 saturated carbocycles. The topological polar surface area (TPSA) is 73.8 Å². The van der Waals surface area contributed by atoms with E-state index in [0.717, 1.165) is 103 Å². The Labute approximate surface area is 229 Å². The van der Waals surface area contributed by atoms with Crippen LogP contribution in [0.2, 0.25) is 0 Å². The number of rotatable bonds is 32. The van der Waals surface area contributed by atoms with Crippen molar-refractivity contribution in [3.63, 3.8) is 0 Å². The molecule has 0 spiro atoms. The van der Waals surface area contributed by atoms with Gasteiger partial charge in [-0.15, -0.1) is 0 Å². The molecule has 0 fully saturated rings. The molecule has 9 heteroatoms. The van der Waals surface area contributed by atoms with Gasteiger partial charge < -0.3 is 36.7 Å². The van der Waals surface area contributed by atoms with E-state index in [4.69, 9.17) is 36.7 Å². The van der Waals surface area contributed by atoms with Crippen LogP contribution in [0.4, 0.5) is 0 Å². The number of unbranched alkanes of at least 4 members (excludes halogenated alkanes) is 4. The Kier molecular flexibility index (Phi) is 30.4. The summed E-state index contributed by atoms with van der Waals surface area (Å²) in [5.41, 5.74) is 0. The van der Waals surface area contributed by atoms with E-state index in [1.165, 1.54) is 0 Å². The third kappa shape index (κ3) is 25.9. The fraction of sp³-hybridized carbons (Fsp3) is 1.00. The SMILES string of the molecule is CCCCOCCCO[Si](OCCCOCCCC)(OCCCOCCCC)OCCCOCCCC. The number of hydrogen-bond acceptors (Lipinski definition) is 8. The molecule has 0 bridgehead atoms. The van der Waals surface area contributed by atoms with Gasteiger partial charge in [-0.25, -0.2) is 0 Å². The van der Waals surface area contributed by atoms with E-state index in [-0.39, 0.29) is 0 Å². The van der Waals surface area contributed by atoms with Gasteiger partial charge in [-0.3, -0.25) is 0 Å². The van der Waals surface area contributed by atoms with E-state index < -0.39 is 9.05 Å². The van der Waals surface area contributed by atoms with Gasteiger partial charge >= 0.3 is 9.05 Å². The van der Waals surface area contributed by atoms with Gasteiger partial charge in [-0.1, -0.05) is 53.4 Å². The van der Waals surface area contributed by atoms with Crippen molar-refractivity contribution in [1.82, 2.24) is 0 Å². The summed E-state index contributed by atoms with van der Waals surface area (Å²) in [4.78, 5) is 0. The molecule has 8 nitrogen and oxygen atoms in total. The van der Waals surface area contributed by atoms with Crippen LogP contribution in [0, 0.1) is 0 Å². The van der Waals surface area contributed by atoms with E-state index in [0.29, 0.717) is 52.9 Å². The molecule has 37 heavy (non-hydrogen) atoms. The maximum atomic E-state index is 6.24. The minimum absolute atomic E-state index is 0.478. The summed E-state index contributed by atoms with van der Waals surface area (Å²) >= 11 is 0. The minimum atomic E-state index is -3.32. The second-order valence-corrected chi connectivity index (χ2v) is 11.3. The van der Waals surface area contributed by atoms with Crippen LogP contribution in [0.25, 0.3) is 0 Å². The molecular formula is C28H60O8Si. The number of ether oxygens (including phenoxy) is 4. The third-order valence-electron chi connectivity index (χ3n) is 5.42. The van der Waals surface area contributed by atoms with Crippen molar-refractivity contribution in [3.8, 4) is 0 Å². The molecule has 224 valence electrons. The fourth-order valence-corrected chi connectivity index (χ4v) is 5.15. The lowest BCUT2D eigenvalue weighted by atomic mass is 10.4. The summed E-state index contributed by atoms with van der Waals surface area (Å²) in [5, 5.41) is 0. The highest BCUT2D eigenvalue weighted by Crippen LogP contribution is 2.15. The Morgan fingerprint density at radius 1 is 0.297 bits per heavy atom. The average Bonchev–Trinajstić information content (AvgIpc) is 2.91. The van der Waals surface area contributed by atoms with Gasteiger partial charge in [-0.2, -0.15) is 0 Å². The van der Waals surface area contributed by atoms with Crippen LogP contribution in [0.3, 0.4) is 0 Å². The van der Waals surface area contributed by atoms with Crippen molar-refractivity contribution in [1.29, 1.82) is 0 Å². The summed E-state index contributed by atoms with van der Waals surface area (Å²) in [5.74, 6) is 0. The normalized spacial score (nSPS) is 12.0. The molecule has 0 heterocycles. The first-order chi connectivity index (χ1) is 18.2. The fourth-order valence-electron chi connectivity index (χ4n) is 3.08. The lowest BCUT2D eigenvalue weighted by molar-refractivity contribution is -0.0463. The predicted octanol–water partition coefficient (Wildman–Crippen LogP) is 6.32. The zero-order valence-electron chi connectivity index (χ0n) is 24.7. The van der Waals surface area contributed by atoms with Gasteiger partial charge in [0.1, 0.15) is 0 Å². The Balaban J connectivity index is 4.78. The van der Waals surface area contributed by atoms with Gasteiger partial charge in [-0.05, 0) is 51.4 Å². The van der Waals surface area contributed by atoms with Crippen molar-refractivity contribution in [2.45, 2.75) is 105 Å². The zero-order chi connectivity index (χ0) is 27.1. The molecule has 0 rings (SSSR count). The summed E-state index contributed by atoms with van der Waals surface area (Å²) in [6, 6.07) is 0. The maximum Gasteiger partial charge on any atom is 0.679 e.